The molecule has 1 rings (SSSR count). The predicted octanol–water partition coefficient (Wildman–Crippen LogP) is 0.992. The molecule has 1 saturated carbocycles. The van der Waals surface area contributed by atoms with E-state index in [2.05, 4.69) is 0 Å². The van der Waals surface area contributed by atoms with E-state index in [9.17, 15) is 17.2 Å². The smallest absolute Gasteiger partial charge is 0.223 e. The molecule has 10 heavy (non-hydrogen) atoms. The molecule has 0 aromatic rings. The van der Waals surface area contributed by atoms with Crippen molar-refractivity contribution in [3.8, 4) is 0 Å². The van der Waals surface area contributed by atoms with Crippen LogP contribution in [0.2, 0.25) is 0 Å². The van der Waals surface area contributed by atoms with Gasteiger partial charge < -0.3 is 0 Å². The molecule has 0 aromatic heterocycles. The molecule has 0 aliphatic heterocycles. The minimum absolute atomic E-state index is 0.412. The fraction of sp³-hybridized carbons (Fsp3) is 0.800. The van der Waals surface area contributed by atoms with Crippen LogP contribution in [0.15, 0.2) is 0 Å². The number of halogens is 2. The van der Waals surface area contributed by atoms with E-state index in [0.29, 0.717) is 12.8 Å². The Morgan fingerprint density at radius 1 is 1.40 bits per heavy atom. The topological polar surface area (TPSA) is 34.1 Å². The van der Waals surface area contributed by atoms with Gasteiger partial charge in [0.25, 0.3) is 0 Å². The highest BCUT2D eigenvalue weighted by atomic mass is 32.2. The Balaban J connectivity index is 2.50. The molecule has 59 valence electrons. The Hall–Kier alpha value is -0.190. The van der Waals surface area contributed by atoms with Gasteiger partial charge in [-0.1, -0.05) is 0 Å². The van der Waals surface area contributed by atoms with Crippen LogP contribution in [-0.4, -0.2) is 19.9 Å². The SMILES string of the molecule is O=S(=O)(C[C]1CC1)C(F)F. The zero-order chi connectivity index (χ0) is 7.78. The summed E-state index contributed by atoms with van der Waals surface area (Å²) in [7, 11) is -4.11. The van der Waals surface area contributed by atoms with E-state index in [1.807, 2.05) is 0 Å². The second-order valence-corrected chi connectivity index (χ2v) is 4.29. The third-order valence-corrected chi connectivity index (χ3v) is 2.63. The second kappa shape index (κ2) is 2.45. The first-order valence-electron chi connectivity index (χ1n) is 2.85. The van der Waals surface area contributed by atoms with Gasteiger partial charge in [-0.05, 0) is 18.8 Å². The zero-order valence-corrected chi connectivity index (χ0v) is 6.00. The van der Waals surface area contributed by atoms with Gasteiger partial charge in [-0.3, -0.25) is 0 Å². The fourth-order valence-corrected chi connectivity index (χ4v) is 1.56. The molecule has 0 amide bonds. The summed E-state index contributed by atoms with van der Waals surface area (Å²) in [6.45, 7) is 0. The van der Waals surface area contributed by atoms with Gasteiger partial charge >= 0.3 is 5.76 Å². The molecule has 5 heteroatoms. The highest BCUT2D eigenvalue weighted by Crippen LogP contribution is 2.34. The summed E-state index contributed by atoms with van der Waals surface area (Å²) in [5.41, 5.74) is 0. The normalized spacial score (nSPS) is 19.9. The molecule has 0 aromatic carbocycles. The molecule has 2 nitrogen and oxygen atoms in total. The first-order chi connectivity index (χ1) is 4.52. The molecule has 1 aliphatic rings. The molecule has 0 spiro atoms. The maximum absolute atomic E-state index is 11.6. The summed E-state index contributed by atoms with van der Waals surface area (Å²) < 4.78 is 44.0. The maximum Gasteiger partial charge on any atom is 0.336 e. The lowest BCUT2D eigenvalue weighted by molar-refractivity contribution is 0.235. The molecule has 0 atom stereocenters. The van der Waals surface area contributed by atoms with Gasteiger partial charge in [0.1, 0.15) is 0 Å². The van der Waals surface area contributed by atoms with Gasteiger partial charge in [0.05, 0.1) is 5.75 Å². The largest absolute Gasteiger partial charge is 0.336 e. The molecule has 0 unspecified atom stereocenters. The van der Waals surface area contributed by atoms with Crippen LogP contribution in [-0.2, 0) is 9.84 Å². The number of sulfone groups is 1. The van der Waals surface area contributed by atoms with Gasteiger partial charge in [0.2, 0.25) is 9.84 Å². The van der Waals surface area contributed by atoms with Gasteiger partial charge in [0, 0.05) is 0 Å². The predicted molar refractivity (Wildman–Crippen MR) is 32.3 cm³/mol. The van der Waals surface area contributed by atoms with E-state index in [1.165, 1.54) is 0 Å². The number of alkyl halides is 2. The molecular weight excluding hydrogens is 162 g/mol. The molecule has 1 radical (unpaired) electrons. The average molecular weight is 169 g/mol. The van der Waals surface area contributed by atoms with Crippen LogP contribution < -0.4 is 0 Å². The first kappa shape index (κ1) is 7.91. The highest BCUT2D eigenvalue weighted by Gasteiger charge is 2.33. The second-order valence-electron chi connectivity index (χ2n) is 2.32. The summed E-state index contributed by atoms with van der Waals surface area (Å²) in [4.78, 5) is 0. The van der Waals surface area contributed by atoms with Gasteiger partial charge in [-0.2, -0.15) is 8.78 Å². The Labute approximate surface area is 58.1 Å². The quantitative estimate of drug-likeness (QED) is 0.631. The maximum atomic E-state index is 11.6. The van der Waals surface area contributed by atoms with E-state index >= 15 is 0 Å². The molecule has 0 heterocycles. The fourth-order valence-electron chi connectivity index (χ4n) is 0.580. The minimum Gasteiger partial charge on any atom is -0.223 e. The van der Waals surface area contributed by atoms with E-state index in [-0.39, 0.29) is 0 Å². The third kappa shape index (κ3) is 1.90. The molecular formula is C5H7F2O2S. The standard InChI is InChI=1S/C5H7F2O2S/c6-5(7)10(8,9)3-4-1-2-4/h5H,1-3H2. The van der Waals surface area contributed by atoms with Crippen molar-refractivity contribution in [3.05, 3.63) is 5.92 Å². The number of hydrogen-bond acceptors (Lipinski definition) is 2. The minimum atomic E-state index is -4.11. The van der Waals surface area contributed by atoms with Crippen molar-refractivity contribution in [1.82, 2.24) is 0 Å². The van der Waals surface area contributed by atoms with E-state index in [1.54, 1.807) is 0 Å². The first-order valence-corrected chi connectivity index (χ1v) is 4.57. The Morgan fingerprint density at radius 2 is 1.90 bits per heavy atom. The van der Waals surface area contributed by atoms with Crippen LogP contribution in [0.5, 0.6) is 0 Å². The van der Waals surface area contributed by atoms with Gasteiger partial charge in [0.15, 0.2) is 0 Å². The van der Waals surface area contributed by atoms with Crippen molar-refractivity contribution in [2.75, 3.05) is 5.75 Å². The Bertz CT molecular complexity index is 206. The summed E-state index contributed by atoms with van der Waals surface area (Å²) in [6.07, 6.45) is 1.40. The van der Waals surface area contributed by atoms with Crippen LogP contribution in [0.25, 0.3) is 0 Å². The summed E-state index contributed by atoms with van der Waals surface area (Å²) in [6, 6.07) is 0. The van der Waals surface area contributed by atoms with Crippen LogP contribution in [0.4, 0.5) is 8.78 Å². The van der Waals surface area contributed by atoms with Crippen LogP contribution in [0, 0.1) is 5.92 Å². The summed E-state index contributed by atoms with van der Waals surface area (Å²) in [5, 5.41) is 0. The highest BCUT2D eigenvalue weighted by molar-refractivity contribution is 7.91. The van der Waals surface area contributed by atoms with Crippen molar-refractivity contribution in [3.63, 3.8) is 0 Å². The molecule has 0 saturated heterocycles. The molecule has 1 aliphatic carbocycles. The van der Waals surface area contributed by atoms with Crippen molar-refractivity contribution < 1.29 is 17.2 Å². The summed E-state index contributed by atoms with van der Waals surface area (Å²) >= 11 is 0. The van der Waals surface area contributed by atoms with Gasteiger partial charge in [-0.15, -0.1) is 0 Å². The van der Waals surface area contributed by atoms with Crippen LogP contribution in [0.3, 0.4) is 0 Å². The molecule has 0 bridgehead atoms. The van der Waals surface area contributed by atoms with E-state index in [0.717, 1.165) is 5.92 Å². The van der Waals surface area contributed by atoms with Crippen molar-refractivity contribution >= 4 is 9.84 Å². The van der Waals surface area contributed by atoms with Crippen molar-refractivity contribution in [1.29, 1.82) is 0 Å². The lowest BCUT2D eigenvalue weighted by atomic mass is 10.5. The lowest BCUT2D eigenvalue weighted by Crippen LogP contribution is -2.15. The average Bonchev–Trinajstić information content (AvgIpc) is 2.48. The number of rotatable bonds is 3. The molecule has 0 N–H and O–H groups in total. The van der Waals surface area contributed by atoms with Crippen molar-refractivity contribution in [2.45, 2.75) is 18.6 Å². The monoisotopic (exact) mass is 169 g/mol. The third-order valence-electron chi connectivity index (χ3n) is 1.28. The Morgan fingerprint density at radius 3 is 2.20 bits per heavy atom. The van der Waals surface area contributed by atoms with E-state index in [4.69, 9.17) is 0 Å². The van der Waals surface area contributed by atoms with Gasteiger partial charge in [-0.25, -0.2) is 8.42 Å². The van der Waals surface area contributed by atoms with E-state index < -0.39 is 21.3 Å². The van der Waals surface area contributed by atoms with Crippen molar-refractivity contribution in [2.24, 2.45) is 0 Å². The van der Waals surface area contributed by atoms with Crippen LogP contribution >= 0.6 is 0 Å². The number of hydrogen-bond donors (Lipinski definition) is 0. The van der Waals surface area contributed by atoms with Crippen LogP contribution in [0.1, 0.15) is 12.8 Å². The lowest BCUT2D eigenvalue weighted by Gasteiger charge is -1.98. The summed E-state index contributed by atoms with van der Waals surface area (Å²) in [5.74, 6) is -2.90. The Kier molecular flexibility index (Phi) is 1.94. The molecule has 1 fully saturated rings. The zero-order valence-electron chi connectivity index (χ0n) is 5.18.